The van der Waals surface area contributed by atoms with Gasteiger partial charge < -0.3 is 5.11 Å². The second kappa shape index (κ2) is 12.0. The summed E-state index contributed by atoms with van der Waals surface area (Å²) >= 11 is 0. The normalized spacial score (nSPS) is 13.3. The van der Waals surface area contributed by atoms with Gasteiger partial charge in [0.2, 0.25) is 0 Å². The Morgan fingerprint density at radius 1 is 1.05 bits per heavy atom. The number of carboxylic acids is 1. The van der Waals surface area contributed by atoms with Gasteiger partial charge in [0.15, 0.2) is 0 Å². The average Bonchev–Trinajstić information content (AvgIpc) is 2.39. The van der Waals surface area contributed by atoms with Crippen LogP contribution in [0.3, 0.4) is 0 Å². The predicted octanol–water partition coefficient (Wildman–Crippen LogP) is 3.16. The smallest absolute Gasteiger partial charge is 0.322 e. The van der Waals surface area contributed by atoms with E-state index in [-0.39, 0.29) is 0 Å². The Balaban J connectivity index is 3.94. The number of nitrogens with one attached hydrogen (secondary N) is 1. The standard InChI is InChI=1S/C16H35N3O2/c1-13(2)10-8-6-5-7-9-11-19(18-17)15(16(20)21)12-14(3)4/h13-15,18H,5-12,17H2,1-4H3,(H,20,21)/t15-/m0/s1. The van der Waals surface area contributed by atoms with Gasteiger partial charge >= 0.3 is 5.97 Å². The lowest BCUT2D eigenvalue weighted by Crippen LogP contribution is -2.53. The highest BCUT2D eigenvalue weighted by atomic mass is 16.4. The van der Waals surface area contributed by atoms with Crippen molar-refractivity contribution in [1.29, 1.82) is 0 Å². The van der Waals surface area contributed by atoms with Crippen LogP contribution < -0.4 is 11.4 Å². The minimum Gasteiger partial charge on any atom is -0.480 e. The summed E-state index contributed by atoms with van der Waals surface area (Å²) in [5.74, 6) is 5.81. The first kappa shape index (κ1) is 20.3. The molecule has 4 N–H and O–H groups in total. The molecule has 0 bridgehead atoms. The minimum atomic E-state index is -0.807. The van der Waals surface area contributed by atoms with Crippen LogP contribution in [0.5, 0.6) is 0 Å². The molecular weight excluding hydrogens is 266 g/mol. The van der Waals surface area contributed by atoms with Crippen molar-refractivity contribution in [2.45, 2.75) is 78.7 Å². The van der Waals surface area contributed by atoms with E-state index in [2.05, 4.69) is 19.4 Å². The molecule has 0 rings (SSSR count). The zero-order valence-corrected chi connectivity index (χ0v) is 14.3. The number of hydrogen-bond acceptors (Lipinski definition) is 4. The monoisotopic (exact) mass is 301 g/mol. The van der Waals surface area contributed by atoms with Gasteiger partial charge in [-0.1, -0.05) is 59.8 Å². The molecule has 0 spiro atoms. The molecule has 1 atom stereocenters. The first-order valence-electron chi connectivity index (χ1n) is 8.34. The van der Waals surface area contributed by atoms with Crippen LogP contribution in [0, 0.1) is 11.8 Å². The van der Waals surface area contributed by atoms with Gasteiger partial charge in [-0.3, -0.25) is 10.6 Å². The highest BCUT2D eigenvalue weighted by molar-refractivity contribution is 5.73. The number of nitrogens with two attached hydrogens (primary N) is 1. The number of carbonyl (C=O) groups is 1. The van der Waals surface area contributed by atoms with Crippen molar-refractivity contribution in [2.75, 3.05) is 6.54 Å². The van der Waals surface area contributed by atoms with Crippen molar-refractivity contribution in [2.24, 2.45) is 17.7 Å². The summed E-state index contributed by atoms with van der Waals surface area (Å²) in [5.41, 5.74) is 2.56. The molecule has 0 aromatic carbocycles. The Bertz CT molecular complexity index is 270. The number of aliphatic carboxylic acids is 1. The molecule has 21 heavy (non-hydrogen) atoms. The molecule has 5 nitrogen and oxygen atoms in total. The van der Waals surface area contributed by atoms with Crippen molar-refractivity contribution < 1.29 is 9.90 Å². The summed E-state index contributed by atoms with van der Waals surface area (Å²) < 4.78 is 0. The third-order valence-corrected chi connectivity index (χ3v) is 3.70. The van der Waals surface area contributed by atoms with Gasteiger partial charge in [0.25, 0.3) is 0 Å². The SMILES string of the molecule is CC(C)CCCCCCCN(NN)[C@@H](CC(C)C)C(=O)O. The highest BCUT2D eigenvalue weighted by Crippen LogP contribution is 2.13. The summed E-state index contributed by atoms with van der Waals surface area (Å²) in [6, 6.07) is -0.545. The summed E-state index contributed by atoms with van der Waals surface area (Å²) in [7, 11) is 0. The summed E-state index contributed by atoms with van der Waals surface area (Å²) in [4.78, 5) is 11.3. The molecular formula is C16H35N3O2. The van der Waals surface area contributed by atoms with Crippen LogP contribution in [0.1, 0.15) is 72.6 Å². The van der Waals surface area contributed by atoms with Crippen molar-refractivity contribution in [1.82, 2.24) is 10.5 Å². The summed E-state index contributed by atoms with van der Waals surface area (Å²) in [5, 5.41) is 11.0. The van der Waals surface area contributed by atoms with Crippen LogP contribution in [0.25, 0.3) is 0 Å². The number of nitrogens with zero attached hydrogens (tertiary/aromatic N) is 1. The van der Waals surface area contributed by atoms with E-state index in [1.165, 1.54) is 25.7 Å². The minimum absolute atomic E-state index is 0.331. The molecule has 0 unspecified atom stereocenters. The quantitative estimate of drug-likeness (QED) is 0.277. The molecule has 0 aromatic heterocycles. The Morgan fingerprint density at radius 3 is 2.10 bits per heavy atom. The number of rotatable bonds is 13. The fourth-order valence-electron chi connectivity index (χ4n) is 2.48. The van der Waals surface area contributed by atoms with E-state index in [0.717, 1.165) is 18.8 Å². The topological polar surface area (TPSA) is 78.6 Å². The van der Waals surface area contributed by atoms with Crippen molar-refractivity contribution in [3.05, 3.63) is 0 Å². The van der Waals surface area contributed by atoms with Gasteiger partial charge in [0.05, 0.1) is 0 Å². The number of hydrogen-bond donors (Lipinski definition) is 3. The Hall–Kier alpha value is -0.650. The van der Waals surface area contributed by atoms with E-state index in [1.807, 2.05) is 13.8 Å². The average molecular weight is 301 g/mol. The van der Waals surface area contributed by atoms with Crippen LogP contribution in [0.15, 0.2) is 0 Å². The number of carboxylic acid groups (broad SMARTS) is 1. The molecule has 0 amide bonds. The Morgan fingerprint density at radius 2 is 1.62 bits per heavy atom. The van der Waals surface area contributed by atoms with Crippen LogP contribution in [-0.4, -0.2) is 28.7 Å². The Kier molecular flexibility index (Phi) is 11.6. The van der Waals surface area contributed by atoms with Gasteiger partial charge in [0, 0.05) is 6.54 Å². The molecule has 0 aliphatic carbocycles. The maximum absolute atomic E-state index is 11.3. The van der Waals surface area contributed by atoms with Crippen LogP contribution in [0.2, 0.25) is 0 Å². The molecule has 0 heterocycles. The van der Waals surface area contributed by atoms with E-state index >= 15 is 0 Å². The molecule has 5 heteroatoms. The predicted molar refractivity (Wildman–Crippen MR) is 87.4 cm³/mol. The maximum Gasteiger partial charge on any atom is 0.322 e. The second-order valence-electron chi connectivity index (χ2n) is 6.76. The van der Waals surface area contributed by atoms with Crippen molar-refractivity contribution in [3.8, 4) is 0 Å². The fourth-order valence-corrected chi connectivity index (χ4v) is 2.48. The molecule has 126 valence electrons. The fraction of sp³-hybridized carbons (Fsp3) is 0.938. The lowest BCUT2D eigenvalue weighted by molar-refractivity contribution is -0.145. The molecule has 0 aromatic rings. The summed E-state index contributed by atoms with van der Waals surface area (Å²) in [6.45, 7) is 9.25. The van der Waals surface area contributed by atoms with Gasteiger partial charge in [-0.05, 0) is 24.7 Å². The van der Waals surface area contributed by atoms with Crippen LogP contribution in [-0.2, 0) is 4.79 Å². The molecule has 0 fully saturated rings. The van der Waals surface area contributed by atoms with Gasteiger partial charge in [-0.15, -0.1) is 0 Å². The van der Waals surface area contributed by atoms with Crippen molar-refractivity contribution in [3.63, 3.8) is 0 Å². The van der Waals surface area contributed by atoms with Gasteiger partial charge in [-0.2, -0.15) is 5.53 Å². The third kappa shape index (κ3) is 10.7. The highest BCUT2D eigenvalue weighted by Gasteiger charge is 2.25. The zero-order chi connectivity index (χ0) is 16.3. The first-order chi connectivity index (χ1) is 9.88. The second-order valence-corrected chi connectivity index (χ2v) is 6.76. The van der Waals surface area contributed by atoms with E-state index in [4.69, 9.17) is 5.84 Å². The Labute approximate surface area is 130 Å². The zero-order valence-electron chi connectivity index (χ0n) is 14.3. The van der Waals surface area contributed by atoms with Gasteiger partial charge in [-0.25, -0.2) is 5.01 Å². The molecule has 0 aliphatic rings. The van der Waals surface area contributed by atoms with E-state index in [9.17, 15) is 9.90 Å². The summed E-state index contributed by atoms with van der Waals surface area (Å²) in [6.07, 6.45) is 7.79. The van der Waals surface area contributed by atoms with Crippen LogP contribution >= 0.6 is 0 Å². The number of hydrazine groups is 2. The molecule has 0 saturated heterocycles. The molecule has 0 aliphatic heterocycles. The van der Waals surface area contributed by atoms with Crippen LogP contribution in [0.4, 0.5) is 0 Å². The lowest BCUT2D eigenvalue weighted by atomic mass is 10.0. The largest absolute Gasteiger partial charge is 0.480 e. The molecule has 0 radical (unpaired) electrons. The molecule has 0 saturated carbocycles. The maximum atomic E-state index is 11.3. The third-order valence-electron chi connectivity index (χ3n) is 3.70. The van der Waals surface area contributed by atoms with Crippen molar-refractivity contribution >= 4 is 5.97 Å². The van der Waals surface area contributed by atoms with E-state index in [1.54, 1.807) is 5.01 Å². The van der Waals surface area contributed by atoms with E-state index < -0.39 is 12.0 Å². The number of unbranched alkanes of at least 4 members (excludes halogenated alkanes) is 4. The first-order valence-corrected chi connectivity index (χ1v) is 8.34. The van der Waals surface area contributed by atoms with E-state index in [0.29, 0.717) is 18.9 Å². The lowest BCUT2D eigenvalue weighted by Gasteiger charge is -2.28. The van der Waals surface area contributed by atoms with Gasteiger partial charge in [0.1, 0.15) is 6.04 Å².